The van der Waals surface area contributed by atoms with Crippen LogP contribution in [0.3, 0.4) is 0 Å². The van der Waals surface area contributed by atoms with Gasteiger partial charge in [-0.15, -0.1) is 0 Å². The van der Waals surface area contributed by atoms with Crippen LogP contribution in [0.4, 0.5) is 0 Å². The maximum absolute atomic E-state index is 11.8. The highest BCUT2D eigenvalue weighted by atomic mass is 16.2. The summed E-state index contributed by atoms with van der Waals surface area (Å²) in [6.45, 7) is 1.96. The highest BCUT2D eigenvalue weighted by Crippen LogP contribution is 2.28. The molecule has 3 rings (SSSR count). The third kappa shape index (κ3) is 1.34. The summed E-state index contributed by atoms with van der Waals surface area (Å²) in [5.74, 6) is -0.00403. The fourth-order valence-corrected chi connectivity index (χ4v) is 2.56. The van der Waals surface area contributed by atoms with Gasteiger partial charge in [0.25, 0.3) is 5.91 Å². The first-order valence-corrected chi connectivity index (χ1v) is 5.35. The smallest absolute Gasteiger partial charge is 0.270 e. The number of carbonyl (C=O) groups is 1. The molecule has 0 unspecified atom stereocenters. The molecule has 5 nitrogen and oxygen atoms in total. The van der Waals surface area contributed by atoms with Crippen molar-refractivity contribution in [3.05, 3.63) is 17.5 Å². The summed E-state index contributed by atoms with van der Waals surface area (Å²) in [5.41, 5.74) is 1.67. The molecule has 0 saturated carbocycles. The van der Waals surface area contributed by atoms with Crippen molar-refractivity contribution in [3.63, 3.8) is 0 Å². The van der Waals surface area contributed by atoms with E-state index in [1.54, 1.807) is 6.20 Å². The van der Waals surface area contributed by atoms with Gasteiger partial charge in [0.15, 0.2) is 0 Å². The first-order valence-electron chi connectivity index (χ1n) is 5.35. The van der Waals surface area contributed by atoms with Crippen LogP contribution < -0.4 is 10.6 Å². The Labute approximate surface area is 87.6 Å². The predicted molar refractivity (Wildman–Crippen MR) is 54.6 cm³/mol. The van der Waals surface area contributed by atoms with Crippen LogP contribution in [0.15, 0.2) is 6.20 Å². The second kappa shape index (κ2) is 3.06. The van der Waals surface area contributed by atoms with Gasteiger partial charge in [-0.05, 0) is 32.4 Å². The van der Waals surface area contributed by atoms with E-state index in [2.05, 4.69) is 20.8 Å². The van der Waals surface area contributed by atoms with Crippen LogP contribution in [-0.4, -0.2) is 34.7 Å². The van der Waals surface area contributed by atoms with E-state index in [9.17, 15) is 4.79 Å². The third-order valence-corrected chi connectivity index (χ3v) is 3.41. The predicted octanol–water partition coefficient (Wildman–Crippen LogP) is -0.182. The Bertz CT molecular complexity index is 392. The summed E-state index contributed by atoms with van der Waals surface area (Å²) in [6, 6.07) is 0. The van der Waals surface area contributed by atoms with Crippen molar-refractivity contribution < 1.29 is 4.79 Å². The van der Waals surface area contributed by atoms with Crippen LogP contribution in [-0.2, 0) is 6.42 Å². The fraction of sp³-hybridized carbons (Fsp3) is 0.600. The molecule has 3 heterocycles. The van der Waals surface area contributed by atoms with Crippen LogP contribution >= 0.6 is 0 Å². The number of rotatable bonds is 0. The molecule has 0 aliphatic carbocycles. The Hall–Kier alpha value is -1.36. The zero-order chi connectivity index (χ0) is 10.3. The lowest BCUT2D eigenvalue weighted by molar-refractivity contribution is 0.0846. The molecule has 3 N–H and O–H groups in total. The minimum absolute atomic E-state index is 0.00403. The summed E-state index contributed by atoms with van der Waals surface area (Å²) in [4.78, 5) is 11.8. The molecule has 0 aromatic carbocycles. The maximum atomic E-state index is 11.8. The fourth-order valence-electron chi connectivity index (χ4n) is 2.56. The van der Waals surface area contributed by atoms with Gasteiger partial charge < -0.3 is 10.6 Å². The summed E-state index contributed by atoms with van der Waals surface area (Å²) in [5, 5.41) is 13.1. The number of aromatic amines is 1. The van der Waals surface area contributed by atoms with E-state index in [-0.39, 0.29) is 11.4 Å². The van der Waals surface area contributed by atoms with Crippen molar-refractivity contribution in [2.24, 2.45) is 0 Å². The SMILES string of the molecule is O=C1NC2(CCNCC2)Cc2cn[nH]c21. The van der Waals surface area contributed by atoms with Crippen LogP contribution in [0.2, 0.25) is 0 Å². The van der Waals surface area contributed by atoms with E-state index in [1.165, 1.54) is 0 Å². The van der Waals surface area contributed by atoms with E-state index in [4.69, 9.17) is 0 Å². The van der Waals surface area contributed by atoms with Crippen LogP contribution in [0.5, 0.6) is 0 Å². The summed E-state index contributed by atoms with van der Waals surface area (Å²) in [6.07, 6.45) is 4.69. The van der Waals surface area contributed by atoms with Crippen LogP contribution in [0.1, 0.15) is 28.9 Å². The molecule has 5 heteroatoms. The first-order chi connectivity index (χ1) is 7.29. The Morgan fingerprint density at radius 2 is 2.13 bits per heavy atom. The molecule has 1 aromatic heterocycles. The lowest BCUT2D eigenvalue weighted by atomic mass is 9.80. The highest BCUT2D eigenvalue weighted by Gasteiger charge is 2.39. The average Bonchev–Trinajstić information content (AvgIpc) is 2.67. The lowest BCUT2D eigenvalue weighted by Gasteiger charge is -2.40. The molecule has 2 aliphatic rings. The molecular formula is C10H14N4O. The summed E-state index contributed by atoms with van der Waals surface area (Å²) in [7, 11) is 0. The summed E-state index contributed by atoms with van der Waals surface area (Å²) < 4.78 is 0. The van der Waals surface area contributed by atoms with Gasteiger partial charge in [-0.2, -0.15) is 5.10 Å². The maximum Gasteiger partial charge on any atom is 0.270 e. The van der Waals surface area contributed by atoms with Crippen molar-refractivity contribution in [3.8, 4) is 0 Å². The number of nitrogens with one attached hydrogen (secondary N) is 3. The van der Waals surface area contributed by atoms with Crippen molar-refractivity contribution in [1.82, 2.24) is 20.8 Å². The van der Waals surface area contributed by atoms with Gasteiger partial charge in [-0.25, -0.2) is 0 Å². The van der Waals surface area contributed by atoms with E-state index in [1.807, 2.05) is 0 Å². The quantitative estimate of drug-likeness (QED) is 0.551. The largest absolute Gasteiger partial charge is 0.345 e. The third-order valence-electron chi connectivity index (χ3n) is 3.41. The Morgan fingerprint density at radius 1 is 1.33 bits per heavy atom. The zero-order valence-corrected chi connectivity index (χ0v) is 8.47. The number of H-pyrrole nitrogens is 1. The van der Waals surface area contributed by atoms with E-state index in [0.29, 0.717) is 5.69 Å². The van der Waals surface area contributed by atoms with Crippen molar-refractivity contribution in [2.75, 3.05) is 13.1 Å². The number of nitrogens with zero attached hydrogens (tertiary/aromatic N) is 1. The normalized spacial score (nSPS) is 23.6. The van der Waals surface area contributed by atoms with Crippen molar-refractivity contribution >= 4 is 5.91 Å². The number of hydrogen-bond acceptors (Lipinski definition) is 3. The Kier molecular flexibility index (Phi) is 1.82. The lowest BCUT2D eigenvalue weighted by Crippen LogP contribution is -2.58. The second-order valence-corrected chi connectivity index (χ2v) is 4.43. The van der Waals surface area contributed by atoms with E-state index >= 15 is 0 Å². The van der Waals surface area contributed by atoms with E-state index in [0.717, 1.165) is 37.9 Å². The molecular weight excluding hydrogens is 192 g/mol. The van der Waals surface area contributed by atoms with Crippen LogP contribution in [0, 0.1) is 0 Å². The van der Waals surface area contributed by atoms with Gasteiger partial charge in [-0.1, -0.05) is 0 Å². The Morgan fingerprint density at radius 3 is 2.93 bits per heavy atom. The van der Waals surface area contributed by atoms with Crippen molar-refractivity contribution in [1.29, 1.82) is 0 Å². The first kappa shape index (κ1) is 8.91. The number of amides is 1. The van der Waals surface area contributed by atoms with Crippen molar-refractivity contribution in [2.45, 2.75) is 24.8 Å². The van der Waals surface area contributed by atoms with E-state index < -0.39 is 0 Å². The zero-order valence-electron chi connectivity index (χ0n) is 8.47. The average molecular weight is 206 g/mol. The number of carbonyl (C=O) groups excluding carboxylic acids is 1. The monoisotopic (exact) mass is 206 g/mol. The molecule has 0 bridgehead atoms. The number of piperidine rings is 1. The topological polar surface area (TPSA) is 69.8 Å². The molecule has 1 saturated heterocycles. The molecule has 1 amide bonds. The Balaban J connectivity index is 1.94. The van der Waals surface area contributed by atoms with Crippen LogP contribution in [0.25, 0.3) is 0 Å². The minimum atomic E-state index is -0.0286. The van der Waals surface area contributed by atoms with Gasteiger partial charge in [0, 0.05) is 11.1 Å². The van der Waals surface area contributed by atoms with Gasteiger partial charge in [0.05, 0.1) is 6.20 Å². The highest BCUT2D eigenvalue weighted by molar-refractivity contribution is 5.95. The molecule has 15 heavy (non-hydrogen) atoms. The number of fused-ring (bicyclic) bond motifs is 1. The van der Waals surface area contributed by atoms with Gasteiger partial charge in [-0.3, -0.25) is 9.89 Å². The molecule has 1 fully saturated rings. The van der Waals surface area contributed by atoms with Gasteiger partial charge in [0.1, 0.15) is 5.69 Å². The molecule has 2 aliphatic heterocycles. The molecule has 1 spiro atoms. The molecule has 0 radical (unpaired) electrons. The minimum Gasteiger partial charge on any atom is -0.345 e. The summed E-state index contributed by atoms with van der Waals surface area (Å²) >= 11 is 0. The standard InChI is InChI=1S/C10H14N4O/c15-9-8-7(6-12-14-8)5-10(13-9)1-3-11-4-2-10/h6,11H,1-5H2,(H,12,14)(H,13,15). The number of hydrogen-bond donors (Lipinski definition) is 3. The molecule has 80 valence electrons. The molecule has 1 aromatic rings. The molecule has 0 atom stereocenters. The van der Waals surface area contributed by atoms with Gasteiger partial charge >= 0.3 is 0 Å². The van der Waals surface area contributed by atoms with Gasteiger partial charge in [0.2, 0.25) is 0 Å². The number of aromatic nitrogens is 2. The second-order valence-electron chi connectivity index (χ2n) is 4.43.